The molecule has 7 heteroatoms. The van der Waals surface area contributed by atoms with Crippen LogP contribution in [0.4, 0.5) is 0 Å². The van der Waals surface area contributed by atoms with Crippen molar-refractivity contribution in [1.29, 1.82) is 0 Å². The quantitative estimate of drug-likeness (QED) is 0.325. The minimum absolute atomic E-state index is 0.236. The van der Waals surface area contributed by atoms with E-state index in [1.165, 1.54) is 0 Å². The van der Waals surface area contributed by atoms with Gasteiger partial charge in [-0.15, -0.1) is 0 Å². The summed E-state index contributed by atoms with van der Waals surface area (Å²) >= 11 is 0. The van der Waals surface area contributed by atoms with Crippen molar-refractivity contribution in [1.82, 2.24) is 5.32 Å². The number of nitrogens with two attached hydrogens (primary N) is 1. The molecule has 0 aromatic rings. The number of carbonyl (C=O) groups excluding carboxylic acids is 1. The fourth-order valence-corrected chi connectivity index (χ4v) is 1.96. The van der Waals surface area contributed by atoms with E-state index in [0.29, 0.717) is 6.42 Å². The molecule has 0 aromatic heterocycles. The predicted octanol–water partition coefficient (Wildman–Crippen LogP) is -2.04. The van der Waals surface area contributed by atoms with Gasteiger partial charge in [0.15, 0.2) is 0 Å². The third kappa shape index (κ3) is 4.12. The average Bonchev–Trinajstić information content (AvgIpc) is 3.16. The number of carbonyl (C=O) groups is 1. The standard InChI is InChI=1S/C12H24N2O5/c1-7(2)3-9(14-11(18)8(13)4-15)10(17)12(5-16)6-19-12/h7-10,15-17H,3-6,13H2,1-2H3,(H,14,18)/t8-,9?,10?,12?/m0/s1. The maximum absolute atomic E-state index is 11.7. The number of aliphatic hydroxyl groups is 3. The smallest absolute Gasteiger partial charge is 0.239 e. The minimum Gasteiger partial charge on any atom is -0.394 e. The first-order valence-corrected chi connectivity index (χ1v) is 6.46. The number of epoxide rings is 1. The van der Waals surface area contributed by atoms with Crippen LogP contribution in [0.15, 0.2) is 0 Å². The van der Waals surface area contributed by atoms with Gasteiger partial charge in [0.05, 0.1) is 25.9 Å². The Kier molecular flexibility index (Phi) is 5.69. The summed E-state index contributed by atoms with van der Waals surface area (Å²) in [6.45, 7) is 3.41. The molecule has 1 amide bonds. The number of nitrogens with one attached hydrogen (secondary N) is 1. The fourth-order valence-electron chi connectivity index (χ4n) is 1.96. The van der Waals surface area contributed by atoms with Gasteiger partial charge in [0, 0.05) is 0 Å². The molecular weight excluding hydrogens is 252 g/mol. The number of aliphatic hydroxyl groups excluding tert-OH is 3. The molecule has 7 nitrogen and oxygen atoms in total. The van der Waals surface area contributed by atoms with Crippen molar-refractivity contribution < 1.29 is 24.9 Å². The van der Waals surface area contributed by atoms with E-state index >= 15 is 0 Å². The van der Waals surface area contributed by atoms with Crippen LogP contribution >= 0.6 is 0 Å². The average molecular weight is 276 g/mol. The summed E-state index contributed by atoms with van der Waals surface area (Å²) in [5.74, 6) is -0.291. The molecule has 1 heterocycles. The number of hydrogen-bond donors (Lipinski definition) is 5. The second-order valence-electron chi connectivity index (χ2n) is 5.49. The lowest BCUT2D eigenvalue weighted by Gasteiger charge is -2.29. The number of amides is 1. The first kappa shape index (κ1) is 16.3. The lowest BCUT2D eigenvalue weighted by molar-refractivity contribution is -0.125. The van der Waals surface area contributed by atoms with Crippen LogP contribution in [-0.2, 0) is 9.53 Å². The van der Waals surface area contributed by atoms with Gasteiger partial charge in [-0.25, -0.2) is 0 Å². The summed E-state index contributed by atoms with van der Waals surface area (Å²) in [4.78, 5) is 11.7. The number of ether oxygens (including phenoxy) is 1. The fraction of sp³-hybridized carbons (Fsp3) is 0.917. The third-order valence-electron chi connectivity index (χ3n) is 3.29. The molecule has 4 atom stereocenters. The van der Waals surface area contributed by atoms with Crippen LogP contribution in [0.2, 0.25) is 0 Å². The highest BCUT2D eigenvalue weighted by Gasteiger charge is 2.53. The van der Waals surface area contributed by atoms with Gasteiger partial charge in [-0.2, -0.15) is 0 Å². The summed E-state index contributed by atoms with van der Waals surface area (Å²) in [7, 11) is 0. The van der Waals surface area contributed by atoms with Gasteiger partial charge in [0.2, 0.25) is 5.91 Å². The van der Waals surface area contributed by atoms with E-state index in [-0.39, 0.29) is 19.1 Å². The molecule has 1 fully saturated rings. The SMILES string of the molecule is CC(C)CC(NC(=O)[C@@H](N)CO)C(O)C1(CO)CO1. The molecule has 1 rings (SSSR count). The maximum atomic E-state index is 11.7. The van der Waals surface area contributed by atoms with Gasteiger partial charge in [0.1, 0.15) is 17.7 Å². The molecule has 0 bridgehead atoms. The molecule has 0 spiro atoms. The Morgan fingerprint density at radius 1 is 1.47 bits per heavy atom. The van der Waals surface area contributed by atoms with Crippen LogP contribution in [0.5, 0.6) is 0 Å². The highest BCUT2D eigenvalue weighted by molar-refractivity contribution is 5.81. The van der Waals surface area contributed by atoms with E-state index < -0.39 is 36.3 Å². The minimum atomic E-state index is -1.02. The third-order valence-corrected chi connectivity index (χ3v) is 3.29. The molecule has 3 unspecified atom stereocenters. The van der Waals surface area contributed by atoms with E-state index in [0.717, 1.165) is 0 Å². The van der Waals surface area contributed by atoms with Crippen molar-refractivity contribution in [3.05, 3.63) is 0 Å². The van der Waals surface area contributed by atoms with E-state index in [9.17, 15) is 15.0 Å². The largest absolute Gasteiger partial charge is 0.394 e. The predicted molar refractivity (Wildman–Crippen MR) is 68.2 cm³/mol. The van der Waals surface area contributed by atoms with Gasteiger partial charge >= 0.3 is 0 Å². The van der Waals surface area contributed by atoms with Crippen LogP contribution in [0.1, 0.15) is 20.3 Å². The Labute approximate surface area is 112 Å². The first-order chi connectivity index (χ1) is 8.86. The summed E-state index contributed by atoms with van der Waals surface area (Å²) in [6, 6.07) is -1.59. The number of hydrogen-bond acceptors (Lipinski definition) is 6. The highest BCUT2D eigenvalue weighted by Crippen LogP contribution is 2.33. The van der Waals surface area contributed by atoms with Crippen molar-refractivity contribution in [2.75, 3.05) is 19.8 Å². The van der Waals surface area contributed by atoms with E-state index in [2.05, 4.69) is 5.32 Å². The first-order valence-electron chi connectivity index (χ1n) is 6.46. The van der Waals surface area contributed by atoms with E-state index in [1.54, 1.807) is 0 Å². The molecular formula is C12H24N2O5. The molecule has 0 radical (unpaired) electrons. The van der Waals surface area contributed by atoms with Crippen molar-refractivity contribution in [3.8, 4) is 0 Å². The van der Waals surface area contributed by atoms with Gasteiger partial charge in [-0.1, -0.05) is 13.8 Å². The normalized spacial score (nSPS) is 26.9. The highest BCUT2D eigenvalue weighted by atomic mass is 16.6. The topological polar surface area (TPSA) is 128 Å². The van der Waals surface area contributed by atoms with Crippen molar-refractivity contribution in [3.63, 3.8) is 0 Å². The zero-order valence-electron chi connectivity index (χ0n) is 11.4. The van der Waals surface area contributed by atoms with Crippen LogP contribution in [0.25, 0.3) is 0 Å². The molecule has 0 aliphatic carbocycles. The Morgan fingerprint density at radius 3 is 2.42 bits per heavy atom. The molecule has 19 heavy (non-hydrogen) atoms. The summed E-state index contributed by atoms with van der Waals surface area (Å²) in [6.07, 6.45) is -0.481. The maximum Gasteiger partial charge on any atom is 0.239 e. The molecule has 0 aromatic carbocycles. The summed E-state index contributed by atoms with van der Waals surface area (Å²) in [5.41, 5.74) is 4.45. The molecule has 112 valence electrons. The summed E-state index contributed by atoms with van der Waals surface area (Å²) in [5, 5.41) is 30.9. The van der Waals surface area contributed by atoms with Crippen molar-refractivity contribution in [2.45, 2.75) is 44.1 Å². The Bertz CT molecular complexity index is 306. The van der Waals surface area contributed by atoms with Crippen LogP contribution < -0.4 is 11.1 Å². The van der Waals surface area contributed by atoms with Crippen LogP contribution in [0.3, 0.4) is 0 Å². The van der Waals surface area contributed by atoms with Gasteiger partial charge < -0.3 is 31.1 Å². The molecule has 1 saturated heterocycles. The second kappa shape index (κ2) is 6.62. The lowest BCUT2D eigenvalue weighted by Crippen LogP contribution is -2.55. The zero-order valence-corrected chi connectivity index (χ0v) is 11.4. The van der Waals surface area contributed by atoms with Crippen molar-refractivity contribution in [2.24, 2.45) is 11.7 Å². The van der Waals surface area contributed by atoms with Gasteiger partial charge in [-0.3, -0.25) is 4.79 Å². The Morgan fingerprint density at radius 2 is 2.05 bits per heavy atom. The zero-order chi connectivity index (χ0) is 14.6. The Hall–Kier alpha value is -0.730. The van der Waals surface area contributed by atoms with Crippen LogP contribution in [0, 0.1) is 5.92 Å². The molecule has 0 saturated carbocycles. The second-order valence-corrected chi connectivity index (χ2v) is 5.49. The van der Waals surface area contributed by atoms with Gasteiger partial charge in [-0.05, 0) is 12.3 Å². The molecule has 6 N–H and O–H groups in total. The lowest BCUT2D eigenvalue weighted by atomic mass is 9.91. The molecule has 1 aliphatic rings. The monoisotopic (exact) mass is 276 g/mol. The molecule has 1 aliphatic heterocycles. The number of rotatable bonds is 8. The van der Waals surface area contributed by atoms with Gasteiger partial charge in [0.25, 0.3) is 0 Å². The Balaban J connectivity index is 2.69. The van der Waals surface area contributed by atoms with E-state index in [1.807, 2.05) is 13.8 Å². The van der Waals surface area contributed by atoms with Crippen molar-refractivity contribution >= 4 is 5.91 Å². The van der Waals surface area contributed by atoms with E-state index in [4.69, 9.17) is 15.6 Å². The summed E-state index contributed by atoms with van der Waals surface area (Å²) < 4.78 is 5.11. The van der Waals surface area contributed by atoms with Crippen LogP contribution in [-0.4, -0.2) is 64.8 Å².